The van der Waals surface area contributed by atoms with E-state index in [-0.39, 0.29) is 5.91 Å². The van der Waals surface area contributed by atoms with E-state index in [1.807, 2.05) is 41.3 Å². The Morgan fingerprint density at radius 1 is 1.22 bits per heavy atom. The van der Waals surface area contributed by atoms with Crippen LogP contribution < -0.4 is 4.74 Å². The monoisotopic (exact) mass is 374 g/mol. The fraction of sp³-hybridized carbons (Fsp3) is 0.571. The third-order valence-electron chi connectivity index (χ3n) is 5.26. The Bertz CT molecular complexity index is 616. The Morgan fingerprint density at radius 3 is 2.74 bits per heavy atom. The topological polar surface area (TPSA) is 51.2 Å². The molecule has 0 N–H and O–H groups in total. The van der Waals surface area contributed by atoms with E-state index < -0.39 is 5.60 Å². The Hall–Kier alpha value is -1.89. The molecule has 27 heavy (non-hydrogen) atoms. The first-order chi connectivity index (χ1) is 13.2. The van der Waals surface area contributed by atoms with E-state index in [1.54, 1.807) is 13.2 Å². The molecular formula is C21H30N2O4. The molecule has 2 heterocycles. The van der Waals surface area contributed by atoms with Gasteiger partial charge in [0.25, 0.3) is 0 Å². The van der Waals surface area contributed by atoms with Gasteiger partial charge in [0.1, 0.15) is 18.0 Å². The van der Waals surface area contributed by atoms with Gasteiger partial charge in [0, 0.05) is 39.4 Å². The van der Waals surface area contributed by atoms with E-state index >= 15 is 0 Å². The first-order valence-electron chi connectivity index (χ1n) is 9.69. The van der Waals surface area contributed by atoms with Crippen molar-refractivity contribution >= 4 is 5.91 Å². The van der Waals surface area contributed by atoms with Crippen LogP contribution in [0.15, 0.2) is 42.5 Å². The lowest BCUT2D eigenvalue weighted by atomic mass is 9.93. The number of hydrogen-bond acceptors (Lipinski definition) is 5. The lowest BCUT2D eigenvalue weighted by Gasteiger charge is -2.41. The number of para-hydroxylation sites is 1. The molecule has 1 amide bonds. The number of amides is 1. The number of carbonyl (C=O) groups excluding carboxylic acids is 1. The van der Waals surface area contributed by atoms with E-state index in [1.165, 1.54) is 0 Å². The predicted octanol–water partition coefficient (Wildman–Crippen LogP) is 1.96. The molecule has 6 heteroatoms. The summed E-state index contributed by atoms with van der Waals surface area (Å²) in [6.45, 7) is 5.92. The van der Waals surface area contributed by atoms with Gasteiger partial charge in [-0.2, -0.15) is 0 Å². The van der Waals surface area contributed by atoms with Crippen LogP contribution in [-0.4, -0.2) is 81.0 Å². The van der Waals surface area contributed by atoms with Crippen LogP contribution in [0.5, 0.6) is 5.75 Å². The number of methoxy groups -OCH3 is 1. The second-order valence-electron chi connectivity index (χ2n) is 7.17. The average Bonchev–Trinajstić information content (AvgIpc) is 2.74. The average molecular weight is 374 g/mol. The SMILES string of the molecule is COC1(COc2ccccc2)CCCN(C(=O)/C=C/CN2CCOCC2)C1. The van der Waals surface area contributed by atoms with Crippen molar-refractivity contribution in [3.8, 4) is 5.75 Å². The summed E-state index contributed by atoms with van der Waals surface area (Å²) >= 11 is 0. The fourth-order valence-electron chi connectivity index (χ4n) is 3.55. The molecular weight excluding hydrogens is 344 g/mol. The maximum absolute atomic E-state index is 12.6. The van der Waals surface area contributed by atoms with Gasteiger partial charge in [-0.15, -0.1) is 0 Å². The molecule has 2 aliphatic heterocycles. The Labute approximate surface area is 161 Å². The summed E-state index contributed by atoms with van der Waals surface area (Å²) in [5.41, 5.74) is -0.457. The van der Waals surface area contributed by atoms with Gasteiger partial charge in [-0.3, -0.25) is 9.69 Å². The Kier molecular flexibility index (Phi) is 7.26. The molecule has 2 fully saturated rings. The van der Waals surface area contributed by atoms with Gasteiger partial charge in [-0.25, -0.2) is 0 Å². The smallest absolute Gasteiger partial charge is 0.246 e. The minimum Gasteiger partial charge on any atom is -0.491 e. The zero-order chi connectivity index (χ0) is 19.0. The number of nitrogens with zero attached hydrogens (tertiary/aromatic N) is 2. The minimum atomic E-state index is -0.457. The molecule has 2 saturated heterocycles. The van der Waals surface area contributed by atoms with Crippen LogP contribution in [0.1, 0.15) is 12.8 Å². The highest BCUT2D eigenvalue weighted by molar-refractivity contribution is 5.87. The molecule has 148 valence electrons. The molecule has 1 atom stereocenters. The van der Waals surface area contributed by atoms with Gasteiger partial charge in [0.15, 0.2) is 0 Å². The molecule has 0 radical (unpaired) electrons. The van der Waals surface area contributed by atoms with Crippen molar-refractivity contribution in [2.24, 2.45) is 0 Å². The molecule has 6 nitrogen and oxygen atoms in total. The molecule has 0 spiro atoms. The molecule has 1 aromatic rings. The molecule has 0 aromatic heterocycles. The lowest BCUT2D eigenvalue weighted by molar-refractivity contribution is -0.138. The maximum Gasteiger partial charge on any atom is 0.246 e. The van der Waals surface area contributed by atoms with Crippen LogP contribution in [-0.2, 0) is 14.3 Å². The second kappa shape index (κ2) is 9.88. The summed E-state index contributed by atoms with van der Waals surface area (Å²) in [7, 11) is 1.70. The van der Waals surface area contributed by atoms with Crippen molar-refractivity contribution in [1.82, 2.24) is 9.80 Å². The number of hydrogen-bond donors (Lipinski definition) is 0. The minimum absolute atomic E-state index is 0.0455. The van der Waals surface area contributed by atoms with E-state index in [2.05, 4.69) is 4.90 Å². The normalized spacial score (nSPS) is 24.3. The summed E-state index contributed by atoms with van der Waals surface area (Å²) in [6.07, 6.45) is 5.45. The lowest BCUT2D eigenvalue weighted by Crippen LogP contribution is -2.54. The Balaban J connectivity index is 1.52. The van der Waals surface area contributed by atoms with E-state index in [0.29, 0.717) is 13.2 Å². The number of likely N-dealkylation sites (tertiary alicyclic amines) is 1. The molecule has 2 aliphatic rings. The summed E-state index contributed by atoms with van der Waals surface area (Å²) in [6, 6.07) is 9.73. The number of rotatable bonds is 7. The van der Waals surface area contributed by atoms with Crippen molar-refractivity contribution in [3.05, 3.63) is 42.5 Å². The standard InChI is InChI=1S/C21H30N2O4/c1-25-21(18-27-19-7-3-2-4-8-19)10-6-12-23(17-21)20(24)9-5-11-22-13-15-26-16-14-22/h2-5,7-9H,6,10-18H2,1H3/b9-5+. The van der Waals surface area contributed by atoms with Crippen molar-refractivity contribution < 1.29 is 19.0 Å². The third kappa shape index (κ3) is 5.79. The number of morpholine rings is 1. The van der Waals surface area contributed by atoms with Crippen molar-refractivity contribution in [1.29, 1.82) is 0 Å². The first-order valence-corrected chi connectivity index (χ1v) is 9.69. The van der Waals surface area contributed by atoms with Gasteiger partial charge in [-0.1, -0.05) is 24.3 Å². The van der Waals surface area contributed by atoms with Crippen LogP contribution in [0.2, 0.25) is 0 Å². The summed E-state index contributed by atoms with van der Waals surface area (Å²) in [4.78, 5) is 16.8. The van der Waals surface area contributed by atoms with Gasteiger partial charge in [-0.05, 0) is 25.0 Å². The van der Waals surface area contributed by atoms with Gasteiger partial charge >= 0.3 is 0 Å². The quantitative estimate of drug-likeness (QED) is 0.683. The summed E-state index contributed by atoms with van der Waals surface area (Å²) in [5.74, 6) is 0.867. The fourth-order valence-corrected chi connectivity index (χ4v) is 3.55. The van der Waals surface area contributed by atoms with Gasteiger partial charge < -0.3 is 19.1 Å². The molecule has 1 unspecified atom stereocenters. The van der Waals surface area contributed by atoms with Gasteiger partial charge in [0.05, 0.1) is 19.8 Å². The summed E-state index contributed by atoms with van der Waals surface area (Å²) in [5, 5.41) is 0. The zero-order valence-corrected chi connectivity index (χ0v) is 16.1. The van der Waals surface area contributed by atoms with Crippen molar-refractivity contribution in [3.63, 3.8) is 0 Å². The first kappa shape index (κ1) is 19.9. The third-order valence-corrected chi connectivity index (χ3v) is 5.26. The molecule has 0 aliphatic carbocycles. The number of piperidine rings is 1. The van der Waals surface area contributed by atoms with Crippen molar-refractivity contribution in [2.45, 2.75) is 18.4 Å². The predicted molar refractivity (Wildman–Crippen MR) is 104 cm³/mol. The zero-order valence-electron chi connectivity index (χ0n) is 16.1. The number of carbonyl (C=O) groups is 1. The van der Waals surface area contributed by atoms with Crippen molar-refractivity contribution in [2.75, 3.05) is 59.7 Å². The number of benzene rings is 1. The van der Waals surface area contributed by atoms with E-state index in [4.69, 9.17) is 14.2 Å². The Morgan fingerprint density at radius 2 is 2.00 bits per heavy atom. The highest BCUT2D eigenvalue weighted by Crippen LogP contribution is 2.26. The second-order valence-corrected chi connectivity index (χ2v) is 7.17. The molecule has 3 rings (SSSR count). The van der Waals surface area contributed by atoms with Crippen LogP contribution in [0.25, 0.3) is 0 Å². The number of ether oxygens (including phenoxy) is 3. The highest BCUT2D eigenvalue weighted by Gasteiger charge is 2.37. The largest absolute Gasteiger partial charge is 0.491 e. The molecule has 0 bridgehead atoms. The van der Waals surface area contributed by atoms with Crippen LogP contribution in [0, 0.1) is 0 Å². The van der Waals surface area contributed by atoms with E-state index in [9.17, 15) is 4.79 Å². The molecule has 1 aromatic carbocycles. The molecule has 0 saturated carbocycles. The highest BCUT2D eigenvalue weighted by atomic mass is 16.5. The van der Waals surface area contributed by atoms with E-state index in [0.717, 1.165) is 58.0 Å². The van der Waals surface area contributed by atoms with Gasteiger partial charge in [0.2, 0.25) is 5.91 Å². The van der Waals surface area contributed by atoms with Crippen LogP contribution in [0.3, 0.4) is 0 Å². The van der Waals surface area contributed by atoms with Crippen LogP contribution >= 0.6 is 0 Å². The summed E-state index contributed by atoms with van der Waals surface area (Å²) < 4.78 is 17.1. The maximum atomic E-state index is 12.6. The van der Waals surface area contributed by atoms with Crippen LogP contribution in [0.4, 0.5) is 0 Å².